The van der Waals surface area contributed by atoms with Crippen LogP contribution in [0.3, 0.4) is 0 Å². The Kier molecular flexibility index (Phi) is 10.0. The molecule has 0 radical (unpaired) electrons. The van der Waals surface area contributed by atoms with Gasteiger partial charge in [0.1, 0.15) is 17.1 Å². The molecule has 258 valence electrons. The molecule has 2 heterocycles. The van der Waals surface area contributed by atoms with Gasteiger partial charge in [0, 0.05) is 6.20 Å². The van der Waals surface area contributed by atoms with E-state index in [2.05, 4.69) is 33.9 Å². The zero-order valence-corrected chi connectivity index (χ0v) is 31.6. The maximum absolute atomic E-state index is 14.7. The lowest BCUT2D eigenvalue weighted by Gasteiger charge is -2.44. The van der Waals surface area contributed by atoms with E-state index >= 15 is 0 Å². The monoisotopic (exact) mass is 698 g/mol. The van der Waals surface area contributed by atoms with Gasteiger partial charge in [-0.05, 0) is 85.1 Å². The molecule has 5 rings (SSSR count). The Morgan fingerprint density at radius 2 is 1.51 bits per heavy atom. The first-order chi connectivity index (χ1) is 23.1. The SMILES string of the molecule is COC(=O)/C1=C(\O[Si](C)(C)C(C)(C)C)CN(S(=O)(=O)c2ccc(C)cc2)/C=C(/c2ccc(OC)cc2)N2C(c3ccccc3)=C(C)C=CC12. The first-order valence-electron chi connectivity index (χ1n) is 16.3. The van der Waals surface area contributed by atoms with E-state index in [0.29, 0.717) is 11.4 Å². The summed E-state index contributed by atoms with van der Waals surface area (Å²) in [5.74, 6) is 0.333. The number of rotatable bonds is 8. The van der Waals surface area contributed by atoms with Crippen molar-refractivity contribution in [2.45, 2.75) is 63.7 Å². The van der Waals surface area contributed by atoms with Crippen molar-refractivity contribution in [2.24, 2.45) is 0 Å². The molecule has 3 aromatic carbocycles. The molecule has 3 aromatic rings. The minimum Gasteiger partial charge on any atom is -0.545 e. The van der Waals surface area contributed by atoms with Crippen molar-refractivity contribution < 1.29 is 27.1 Å². The summed E-state index contributed by atoms with van der Waals surface area (Å²) in [6.45, 7) is 14.2. The number of allylic oxidation sites excluding steroid dienone is 2. The molecule has 49 heavy (non-hydrogen) atoms. The van der Waals surface area contributed by atoms with Crippen molar-refractivity contribution in [3.63, 3.8) is 0 Å². The van der Waals surface area contributed by atoms with Gasteiger partial charge in [0.05, 0.1) is 43.1 Å². The molecule has 8 nitrogen and oxygen atoms in total. The molecule has 0 fully saturated rings. The van der Waals surface area contributed by atoms with Crippen LogP contribution in [-0.2, 0) is 24.0 Å². The van der Waals surface area contributed by atoms with E-state index in [1.54, 1.807) is 37.6 Å². The number of aryl methyl sites for hydroxylation is 1. The van der Waals surface area contributed by atoms with Crippen LogP contribution in [0.4, 0.5) is 0 Å². The van der Waals surface area contributed by atoms with Crippen LogP contribution in [0.15, 0.2) is 119 Å². The quantitative estimate of drug-likeness (QED) is 0.174. The summed E-state index contributed by atoms with van der Waals surface area (Å²) in [6, 6.07) is 23.4. The topological polar surface area (TPSA) is 85.4 Å². The van der Waals surface area contributed by atoms with Crippen molar-refractivity contribution in [1.82, 2.24) is 9.21 Å². The van der Waals surface area contributed by atoms with Gasteiger partial charge in [-0.1, -0.05) is 81.0 Å². The second-order valence-electron chi connectivity index (χ2n) is 13.9. The highest BCUT2D eigenvalue weighted by molar-refractivity contribution is 7.89. The van der Waals surface area contributed by atoms with Crippen LogP contribution in [0.25, 0.3) is 11.4 Å². The third-order valence-electron chi connectivity index (χ3n) is 9.49. The molecule has 2 aliphatic heterocycles. The molecule has 2 aliphatic rings. The van der Waals surface area contributed by atoms with E-state index in [4.69, 9.17) is 13.9 Å². The Balaban J connectivity index is 1.89. The molecule has 0 saturated carbocycles. The summed E-state index contributed by atoms with van der Waals surface area (Å²) in [7, 11) is -3.85. The fourth-order valence-corrected chi connectivity index (χ4v) is 8.07. The highest BCUT2D eigenvalue weighted by Gasteiger charge is 2.44. The Bertz CT molecular complexity index is 1940. The Labute approximate surface area is 292 Å². The van der Waals surface area contributed by atoms with Gasteiger partial charge in [0.15, 0.2) is 0 Å². The van der Waals surface area contributed by atoms with E-state index < -0.39 is 30.4 Å². The van der Waals surface area contributed by atoms with Crippen LogP contribution in [0.1, 0.15) is 44.4 Å². The number of nitrogens with zero attached hydrogens (tertiary/aromatic N) is 2. The first kappa shape index (κ1) is 35.8. The average molecular weight is 699 g/mol. The van der Waals surface area contributed by atoms with Crippen LogP contribution < -0.4 is 4.74 Å². The fraction of sp³-hybridized carbons (Fsp3) is 0.308. The van der Waals surface area contributed by atoms with E-state index in [-0.39, 0.29) is 27.8 Å². The summed E-state index contributed by atoms with van der Waals surface area (Å²) in [6.07, 6.45) is 5.64. The van der Waals surface area contributed by atoms with Gasteiger partial charge >= 0.3 is 5.97 Å². The van der Waals surface area contributed by atoms with Crippen molar-refractivity contribution in [3.05, 3.63) is 131 Å². The molecule has 1 unspecified atom stereocenters. The Hall–Kier alpha value is -4.54. The van der Waals surface area contributed by atoms with Gasteiger partial charge < -0.3 is 18.8 Å². The maximum atomic E-state index is 14.7. The molecular weight excluding hydrogens is 653 g/mol. The number of carbonyl (C=O) groups excluding carboxylic acids is 1. The lowest BCUT2D eigenvalue weighted by atomic mass is 9.91. The molecule has 0 saturated heterocycles. The molecule has 0 aromatic heterocycles. The number of carbonyl (C=O) groups is 1. The van der Waals surface area contributed by atoms with Crippen molar-refractivity contribution in [1.29, 1.82) is 0 Å². The summed E-state index contributed by atoms with van der Waals surface area (Å²) in [5, 5.41) is -0.248. The number of methoxy groups -OCH3 is 2. The third kappa shape index (κ3) is 7.11. The normalized spacial score (nSPS) is 19.8. The molecule has 10 heteroatoms. The van der Waals surface area contributed by atoms with Gasteiger partial charge in [0.2, 0.25) is 8.32 Å². The van der Waals surface area contributed by atoms with Gasteiger partial charge in [-0.3, -0.25) is 4.31 Å². The highest BCUT2D eigenvalue weighted by Crippen LogP contribution is 2.44. The summed E-state index contributed by atoms with van der Waals surface area (Å²) < 4.78 is 48.6. The Morgan fingerprint density at radius 1 is 0.878 bits per heavy atom. The van der Waals surface area contributed by atoms with Crippen LogP contribution in [0.2, 0.25) is 18.1 Å². The minimum atomic E-state index is -4.16. The Morgan fingerprint density at radius 3 is 2.08 bits per heavy atom. The first-order valence-corrected chi connectivity index (χ1v) is 20.6. The smallest absolute Gasteiger partial charge is 0.339 e. The molecular formula is C39H46N2O6SSi. The van der Waals surface area contributed by atoms with Gasteiger partial charge in [-0.25, -0.2) is 13.2 Å². The summed E-state index contributed by atoms with van der Waals surface area (Å²) >= 11 is 0. The van der Waals surface area contributed by atoms with Crippen LogP contribution in [0.5, 0.6) is 5.75 Å². The minimum absolute atomic E-state index is 0.125. The summed E-state index contributed by atoms with van der Waals surface area (Å²) in [5.41, 5.74) is 5.13. The average Bonchev–Trinajstić information content (AvgIpc) is 3.06. The number of hydrogen-bond donors (Lipinski definition) is 0. The van der Waals surface area contributed by atoms with E-state index in [1.165, 1.54) is 11.4 Å². The lowest BCUT2D eigenvalue weighted by Crippen LogP contribution is -2.46. The number of ether oxygens (including phenoxy) is 2. The number of sulfonamides is 1. The van der Waals surface area contributed by atoms with Crippen molar-refractivity contribution >= 4 is 35.7 Å². The van der Waals surface area contributed by atoms with E-state index in [9.17, 15) is 13.2 Å². The number of esters is 1. The van der Waals surface area contributed by atoms with Gasteiger partial charge in [0.25, 0.3) is 10.0 Å². The van der Waals surface area contributed by atoms with Crippen LogP contribution in [-0.4, -0.2) is 58.7 Å². The van der Waals surface area contributed by atoms with Gasteiger partial charge in [-0.15, -0.1) is 0 Å². The van der Waals surface area contributed by atoms with Crippen molar-refractivity contribution in [2.75, 3.05) is 20.8 Å². The van der Waals surface area contributed by atoms with Gasteiger partial charge in [-0.2, -0.15) is 0 Å². The molecule has 0 N–H and O–H groups in total. The highest BCUT2D eigenvalue weighted by atomic mass is 32.2. The van der Waals surface area contributed by atoms with Crippen LogP contribution >= 0.6 is 0 Å². The number of fused-ring (bicyclic) bond motifs is 1. The second-order valence-corrected chi connectivity index (χ2v) is 20.5. The summed E-state index contributed by atoms with van der Waals surface area (Å²) in [4.78, 5) is 16.3. The molecule has 0 bridgehead atoms. The fourth-order valence-electron chi connectivity index (χ4n) is 5.69. The molecule has 1 atom stereocenters. The van der Waals surface area contributed by atoms with Crippen molar-refractivity contribution in [3.8, 4) is 5.75 Å². The zero-order valence-electron chi connectivity index (χ0n) is 29.8. The standard InChI is InChI=1S/C39H46N2O6SSi/c1-27-15-22-32(23-16-27)48(43,44)40-25-34(29-18-20-31(45-6)21-19-29)41-33(24-17-28(2)37(41)30-13-11-10-12-14-30)36(38(42)46-7)35(26-40)47-49(8,9)39(3,4)5/h10-25,33H,26H2,1-9H3/b34-25-,36-35-. The maximum Gasteiger partial charge on any atom is 0.339 e. The predicted molar refractivity (Wildman–Crippen MR) is 197 cm³/mol. The number of benzene rings is 3. The van der Waals surface area contributed by atoms with E-state index in [1.807, 2.05) is 85.5 Å². The lowest BCUT2D eigenvalue weighted by molar-refractivity contribution is -0.136. The molecule has 0 spiro atoms. The number of hydrogen-bond acceptors (Lipinski definition) is 7. The zero-order chi connectivity index (χ0) is 35.7. The second kappa shape index (κ2) is 13.8. The molecule has 0 amide bonds. The molecule has 0 aliphatic carbocycles. The predicted octanol–water partition coefficient (Wildman–Crippen LogP) is 8.13. The largest absolute Gasteiger partial charge is 0.545 e. The van der Waals surface area contributed by atoms with E-state index in [0.717, 1.165) is 28.0 Å². The third-order valence-corrected chi connectivity index (χ3v) is 15.6. The van der Waals surface area contributed by atoms with Crippen LogP contribution in [0, 0.1) is 6.92 Å².